The standard InChI is InChI=1S/C14H13BrN4O/c15-11-7-10(4-5-12(11)20)8-16-9-14-18-17-13-3-1-2-6-19(13)14/h1-7,16,20H,8-9H2. The van der Waals surface area contributed by atoms with Gasteiger partial charge in [0.1, 0.15) is 5.75 Å². The predicted molar refractivity (Wildman–Crippen MR) is 79.3 cm³/mol. The number of rotatable bonds is 4. The van der Waals surface area contributed by atoms with Gasteiger partial charge >= 0.3 is 0 Å². The van der Waals surface area contributed by atoms with Crippen molar-refractivity contribution in [1.29, 1.82) is 0 Å². The second-order valence-corrected chi connectivity index (χ2v) is 5.29. The molecule has 2 aromatic heterocycles. The third-order valence-corrected chi connectivity index (χ3v) is 3.64. The molecule has 0 saturated heterocycles. The van der Waals surface area contributed by atoms with E-state index in [9.17, 15) is 5.11 Å². The second kappa shape index (κ2) is 5.60. The lowest BCUT2D eigenvalue weighted by Gasteiger charge is -2.05. The highest BCUT2D eigenvalue weighted by molar-refractivity contribution is 9.10. The van der Waals surface area contributed by atoms with Crippen LogP contribution < -0.4 is 5.32 Å². The van der Waals surface area contributed by atoms with Crippen LogP contribution in [0.3, 0.4) is 0 Å². The van der Waals surface area contributed by atoms with Gasteiger partial charge in [-0.25, -0.2) is 0 Å². The minimum Gasteiger partial charge on any atom is -0.507 e. The summed E-state index contributed by atoms with van der Waals surface area (Å²) in [5.74, 6) is 1.12. The summed E-state index contributed by atoms with van der Waals surface area (Å²) in [7, 11) is 0. The van der Waals surface area contributed by atoms with Crippen LogP contribution in [0.15, 0.2) is 47.1 Å². The van der Waals surface area contributed by atoms with Gasteiger partial charge in [0.2, 0.25) is 0 Å². The predicted octanol–water partition coefficient (Wildman–Crippen LogP) is 2.49. The molecule has 0 aliphatic rings. The SMILES string of the molecule is Oc1ccc(CNCc2nnc3ccccn23)cc1Br. The van der Waals surface area contributed by atoms with Crippen molar-refractivity contribution in [3.05, 3.63) is 58.5 Å². The summed E-state index contributed by atoms with van der Waals surface area (Å²) in [4.78, 5) is 0. The summed E-state index contributed by atoms with van der Waals surface area (Å²) in [5.41, 5.74) is 1.93. The highest BCUT2D eigenvalue weighted by Gasteiger charge is 2.04. The molecule has 0 aliphatic carbocycles. The minimum absolute atomic E-state index is 0.247. The van der Waals surface area contributed by atoms with Gasteiger partial charge in [0.05, 0.1) is 11.0 Å². The van der Waals surface area contributed by atoms with Crippen molar-refractivity contribution in [2.24, 2.45) is 0 Å². The maximum absolute atomic E-state index is 9.45. The first-order chi connectivity index (χ1) is 9.74. The van der Waals surface area contributed by atoms with E-state index in [1.165, 1.54) is 0 Å². The number of phenols is 1. The number of nitrogens with one attached hydrogen (secondary N) is 1. The molecule has 0 atom stereocenters. The van der Waals surface area contributed by atoms with Crippen LogP contribution in [0.5, 0.6) is 5.75 Å². The zero-order valence-electron chi connectivity index (χ0n) is 10.6. The molecule has 6 heteroatoms. The number of benzene rings is 1. The normalized spacial score (nSPS) is 11.1. The lowest BCUT2D eigenvalue weighted by Crippen LogP contribution is -2.14. The molecule has 102 valence electrons. The van der Waals surface area contributed by atoms with Gasteiger partial charge in [-0.15, -0.1) is 10.2 Å². The van der Waals surface area contributed by atoms with Crippen LogP contribution in [0.2, 0.25) is 0 Å². The molecule has 0 bridgehead atoms. The van der Waals surface area contributed by atoms with E-state index in [0.29, 0.717) is 17.6 Å². The lowest BCUT2D eigenvalue weighted by molar-refractivity contribution is 0.471. The Bertz CT molecular complexity index is 741. The molecule has 3 aromatic rings. The first kappa shape index (κ1) is 13.1. The van der Waals surface area contributed by atoms with E-state index < -0.39 is 0 Å². The van der Waals surface area contributed by atoms with E-state index >= 15 is 0 Å². The fourth-order valence-electron chi connectivity index (χ4n) is 1.99. The third kappa shape index (κ3) is 2.66. The zero-order chi connectivity index (χ0) is 13.9. The topological polar surface area (TPSA) is 62.5 Å². The Kier molecular flexibility index (Phi) is 3.66. The number of hydrogen-bond donors (Lipinski definition) is 2. The van der Waals surface area contributed by atoms with Crippen LogP contribution in [-0.4, -0.2) is 19.7 Å². The van der Waals surface area contributed by atoms with Gasteiger partial charge in [0.15, 0.2) is 11.5 Å². The van der Waals surface area contributed by atoms with E-state index in [1.807, 2.05) is 40.9 Å². The van der Waals surface area contributed by atoms with Crippen LogP contribution in [0, 0.1) is 0 Å². The summed E-state index contributed by atoms with van der Waals surface area (Å²) >= 11 is 3.30. The van der Waals surface area contributed by atoms with Gasteiger partial charge in [-0.1, -0.05) is 12.1 Å². The molecular formula is C14H13BrN4O. The van der Waals surface area contributed by atoms with Gasteiger partial charge in [-0.2, -0.15) is 0 Å². The Balaban J connectivity index is 1.66. The van der Waals surface area contributed by atoms with E-state index in [1.54, 1.807) is 6.07 Å². The maximum Gasteiger partial charge on any atom is 0.160 e. The van der Waals surface area contributed by atoms with Crippen LogP contribution in [-0.2, 0) is 13.1 Å². The number of fused-ring (bicyclic) bond motifs is 1. The molecule has 2 N–H and O–H groups in total. The molecule has 5 nitrogen and oxygen atoms in total. The highest BCUT2D eigenvalue weighted by Crippen LogP contribution is 2.24. The van der Waals surface area contributed by atoms with Crippen LogP contribution in [0.25, 0.3) is 5.65 Å². The van der Waals surface area contributed by atoms with Gasteiger partial charge < -0.3 is 10.4 Å². The van der Waals surface area contributed by atoms with E-state index in [-0.39, 0.29) is 5.75 Å². The van der Waals surface area contributed by atoms with Gasteiger partial charge in [0.25, 0.3) is 0 Å². The number of pyridine rings is 1. The molecule has 0 unspecified atom stereocenters. The Labute approximate surface area is 124 Å². The molecular weight excluding hydrogens is 320 g/mol. The monoisotopic (exact) mass is 332 g/mol. The summed E-state index contributed by atoms with van der Waals surface area (Å²) < 4.78 is 2.66. The number of hydrogen-bond acceptors (Lipinski definition) is 4. The lowest BCUT2D eigenvalue weighted by atomic mass is 10.2. The summed E-state index contributed by atoms with van der Waals surface area (Å²) in [6.45, 7) is 1.32. The number of nitrogens with zero attached hydrogens (tertiary/aromatic N) is 3. The second-order valence-electron chi connectivity index (χ2n) is 4.43. The first-order valence-corrected chi connectivity index (χ1v) is 7.00. The van der Waals surface area contributed by atoms with Crippen molar-refractivity contribution in [2.75, 3.05) is 0 Å². The fourth-order valence-corrected chi connectivity index (χ4v) is 2.42. The largest absolute Gasteiger partial charge is 0.507 e. The van der Waals surface area contributed by atoms with E-state index in [0.717, 1.165) is 17.0 Å². The molecule has 20 heavy (non-hydrogen) atoms. The molecule has 0 spiro atoms. The van der Waals surface area contributed by atoms with Crippen molar-refractivity contribution in [3.8, 4) is 5.75 Å². The summed E-state index contributed by atoms with van der Waals surface area (Å²) in [6.07, 6.45) is 1.95. The number of aromatic nitrogens is 3. The fraction of sp³-hybridized carbons (Fsp3) is 0.143. The Morgan fingerprint density at radius 2 is 2.05 bits per heavy atom. The molecule has 0 aliphatic heterocycles. The highest BCUT2D eigenvalue weighted by atomic mass is 79.9. The minimum atomic E-state index is 0.247. The average Bonchev–Trinajstić information content (AvgIpc) is 2.86. The van der Waals surface area contributed by atoms with Crippen molar-refractivity contribution < 1.29 is 5.11 Å². The van der Waals surface area contributed by atoms with E-state index in [2.05, 4.69) is 31.4 Å². The number of aromatic hydroxyl groups is 1. The molecule has 3 rings (SSSR count). The quantitative estimate of drug-likeness (QED) is 0.770. The summed E-state index contributed by atoms with van der Waals surface area (Å²) in [5, 5.41) is 21.0. The number of phenolic OH excluding ortho intramolecular Hbond substituents is 1. The molecule has 2 heterocycles. The van der Waals surface area contributed by atoms with Crippen LogP contribution >= 0.6 is 15.9 Å². The summed E-state index contributed by atoms with van der Waals surface area (Å²) in [6, 6.07) is 11.3. The molecule has 1 aromatic carbocycles. The van der Waals surface area contributed by atoms with Gasteiger partial charge in [-0.3, -0.25) is 4.40 Å². The first-order valence-electron chi connectivity index (χ1n) is 6.21. The third-order valence-electron chi connectivity index (χ3n) is 3.01. The molecule has 0 saturated carbocycles. The molecule has 0 fully saturated rings. The van der Waals surface area contributed by atoms with Crippen molar-refractivity contribution in [1.82, 2.24) is 19.9 Å². The molecule has 0 radical (unpaired) electrons. The van der Waals surface area contributed by atoms with Crippen molar-refractivity contribution in [2.45, 2.75) is 13.1 Å². The number of halogens is 1. The van der Waals surface area contributed by atoms with Gasteiger partial charge in [0, 0.05) is 12.7 Å². The zero-order valence-corrected chi connectivity index (χ0v) is 12.2. The average molecular weight is 333 g/mol. The van der Waals surface area contributed by atoms with Crippen molar-refractivity contribution in [3.63, 3.8) is 0 Å². The maximum atomic E-state index is 9.45. The smallest absolute Gasteiger partial charge is 0.160 e. The van der Waals surface area contributed by atoms with Crippen molar-refractivity contribution >= 4 is 21.6 Å². The van der Waals surface area contributed by atoms with Crippen LogP contribution in [0.1, 0.15) is 11.4 Å². The Morgan fingerprint density at radius 3 is 2.90 bits per heavy atom. The van der Waals surface area contributed by atoms with Gasteiger partial charge in [-0.05, 0) is 45.8 Å². The molecule has 0 amide bonds. The van der Waals surface area contributed by atoms with Crippen LogP contribution in [0.4, 0.5) is 0 Å². The van der Waals surface area contributed by atoms with E-state index in [4.69, 9.17) is 0 Å². The Hall–Kier alpha value is -1.92. The Morgan fingerprint density at radius 1 is 1.15 bits per heavy atom.